The number of hydrogen-bond acceptors (Lipinski definition) is 4. The summed E-state index contributed by atoms with van der Waals surface area (Å²) in [6.07, 6.45) is 1.81. The number of halogens is 2. The lowest BCUT2D eigenvalue weighted by molar-refractivity contribution is 0.457. The normalized spacial score (nSPS) is 23.9. The van der Waals surface area contributed by atoms with Crippen molar-refractivity contribution < 1.29 is 5.11 Å². The van der Waals surface area contributed by atoms with Crippen molar-refractivity contribution in [3.8, 4) is 5.75 Å². The Kier molecular flexibility index (Phi) is 3.51. The average Bonchev–Trinajstić information content (AvgIpc) is 3.18. The highest BCUT2D eigenvalue weighted by Gasteiger charge is 2.33. The molecule has 2 N–H and O–H groups in total. The Bertz CT molecular complexity index is 725. The van der Waals surface area contributed by atoms with Crippen molar-refractivity contribution in [1.29, 1.82) is 0 Å². The third-order valence-electron chi connectivity index (χ3n) is 4.63. The monoisotopic (exact) mass is 338 g/mol. The first-order chi connectivity index (χ1) is 10.6. The summed E-state index contributed by atoms with van der Waals surface area (Å²) in [4.78, 5) is 0. The van der Waals surface area contributed by atoms with Gasteiger partial charge in [-0.3, -0.25) is 0 Å². The van der Waals surface area contributed by atoms with E-state index in [1.165, 1.54) is 0 Å². The van der Waals surface area contributed by atoms with Gasteiger partial charge in [0.2, 0.25) is 0 Å². The van der Waals surface area contributed by atoms with Gasteiger partial charge in [-0.2, -0.15) is 0 Å². The van der Waals surface area contributed by atoms with Crippen molar-refractivity contribution >= 4 is 23.2 Å². The van der Waals surface area contributed by atoms with Crippen LogP contribution in [0.3, 0.4) is 0 Å². The average molecular weight is 339 g/mol. The molecule has 5 nitrogen and oxygen atoms in total. The molecule has 2 atom stereocenters. The number of hydrogen-bond donors (Lipinski definition) is 2. The number of aromatic nitrogens is 3. The molecule has 1 aromatic carbocycles. The van der Waals surface area contributed by atoms with E-state index in [0.29, 0.717) is 16.0 Å². The molecular formula is C15H16Cl2N4O. The van der Waals surface area contributed by atoms with Crippen molar-refractivity contribution in [2.24, 2.45) is 0 Å². The van der Waals surface area contributed by atoms with Crippen LogP contribution in [-0.4, -0.2) is 33.0 Å². The Labute approximate surface area is 138 Å². The molecule has 2 aromatic rings. The van der Waals surface area contributed by atoms with Gasteiger partial charge in [-0.15, -0.1) is 10.2 Å². The largest absolute Gasteiger partial charge is 0.508 e. The lowest BCUT2D eigenvalue weighted by Gasteiger charge is -2.15. The molecular weight excluding hydrogens is 323 g/mol. The van der Waals surface area contributed by atoms with Crippen LogP contribution in [0.2, 0.25) is 10.0 Å². The van der Waals surface area contributed by atoms with Crippen LogP contribution in [0.5, 0.6) is 5.75 Å². The van der Waals surface area contributed by atoms with E-state index in [1.54, 1.807) is 12.1 Å². The van der Waals surface area contributed by atoms with E-state index in [4.69, 9.17) is 23.2 Å². The fourth-order valence-electron chi connectivity index (χ4n) is 3.52. The Morgan fingerprint density at radius 2 is 2.09 bits per heavy atom. The fourth-order valence-corrected chi connectivity index (χ4v) is 4.00. The van der Waals surface area contributed by atoms with Crippen molar-refractivity contribution in [1.82, 2.24) is 20.1 Å². The van der Waals surface area contributed by atoms with Crippen molar-refractivity contribution in [3.63, 3.8) is 0 Å². The van der Waals surface area contributed by atoms with Gasteiger partial charge in [-0.1, -0.05) is 23.2 Å². The van der Waals surface area contributed by atoms with Crippen LogP contribution in [-0.2, 0) is 13.0 Å². The van der Waals surface area contributed by atoms with Gasteiger partial charge in [-0.25, -0.2) is 0 Å². The van der Waals surface area contributed by atoms with E-state index >= 15 is 0 Å². The standard InChI is InChI=1S/C15H16Cl2N4O/c16-10-1-2-11(22)13(14(10)17)9-5-12-19-20-15(21(12)7-9)8-3-4-18-6-8/h1-2,8-9,18,22H,3-7H2/t8-,9-/m1/s1. The van der Waals surface area contributed by atoms with E-state index in [2.05, 4.69) is 20.1 Å². The minimum absolute atomic E-state index is 0.0878. The highest BCUT2D eigenvalue weighted by Crippen LogP contribution is 2.42. The first-order valence-electron chi connectivity index (χ1n) is 7.44. The van der Waals surface area contributed by atoms with Crippen LogP contribution in [0, 0.1) is 0 Å². The first kappa shape index (κ1) is 14.3. The summed E-state index contributed by atoms with van der Waals surface area (Å²) < 4.78 is 2.18. The van der Waals surface area contributed by atoms with E-state index in [0.717, 1.165) is 49.7 Å². The van der Waals surface area contributed by atoms with E-state index in [9.17, 15) is 5.11 Å². The number of fused-ring (bicyclic) bond motifs is 1. The summed E-state index contributed by atoms with van der Waals surface area (Å²) in [5, 5.41) is 23.1. The summed E-state index contributed by atoms with van der Waals surface area (Å²) in [7, 11) is 0. The topological polar surface area (TPSA) is 63.0 Å². The maximum Gasteiger partial charge on any atom is 0.137 e. The van der Waals surface area contributed by atoms with Crippen molar-refractivity contribution in [3.05, 3.63) is 39.4 Å². The molecule has 0 unspecified atom stereocenters. The highest BCUT2D eigenvalue weighted by atomic mass is 35.5. The summed E-state index contributed by atoms with van der Waals surface area (Å²) >= 11 is 12.4. The summed E-state index contributed by atoms with van der Waals surface area (Å²) in [5.41, 5.74) is 0.718. The van der Waals surface area contributed by atoms with E-state index < -0.39 is 0 Å². The number of rotatable bonds is 2. The van der Waals surface area contributed by atoms with Crippen LogP contribution >= 0.6 is 23.2 Å². The number of phenolic OH excluding ortho intramolecular Hbond substituents is 1. The zero-order chi connectivity index (χ0) is 15.3. The lowest BCUT2D eigenvalue weighted by atomic mass is 9.96. The summed E-state index contributed by atoms with van der Waals surface area (Å²) in [6, 6.07) is 3.22. The minimum atomic E-state index is 0.0878. The molecule has 0 radical (unpaired) electrons. The fraction of sp³-hybridized carbons (Fsp3) is 0.467. The molecule has 116 valence electrons. The Hall–Kier alpha value is -1.30. The smallest absolute Gasteiger partial charge is 0.137 e. The molecule has 7 heteroatoms. The predicted molar refractivity (Wildman–Crippen MR) is 84.8 cm³/mol. The maximum atomic E-state index is 10.2. The highest BCUT2D eigenvalue weighted by molar-refractivity contribution is 6.42. The van der Waals surface area contributed by atoms with Gasteiger partial charge in [0.25, 0.3) is 0 Å². The van der Waals surface area contributed by atoms with Crippen LogP contribution < -0.4 is 5.32 Å². The Morgan fingerprint density at radius 1 is 1.23 bits per heavy atom. The quantitative estimate of drug-likeness (QED) is 0.883. The number of benzene rings is 1. The zero-order valence-corrected chi connectivity index (χ0v) is 13.4. The molecule has 22 heavy (non-hydrogen) atoms. The van der Waals surface area contributed by atoms with Crippen molar-refractivity contribution in [2.45, 2.75) is 31.2 Å². The molecule has 1 saturated heterocycles. The predicted octanol–water partition coefficient (Wildman–Crippen LogP) is 2.71. The van der Waals surface area contributed by atoms with Crippen molar-refractivity contribution in [2.75, 3.05) is 13.1 Å². The molecule has 2 aliphatic heterocycles. The molecule has 0 saturated carbocycles. The number of nitrogens with one attached hydrogen (secondary N) is 1. The second-order valence-electron chi connectivity index (χ2n) is 5.97. The van der Waals surface area contributed by atoms with Gasteiger partial charge in [0.1, 0.15) is 17.4 Å². The van der Waals surface area contributed by atoms with Gasteiger partial charge >= 0.3 is 0 Å². The van der Waals surface area contributed by atoms with Gasteiger partial charge < -0.3 is 15.0 Å². The second-order valence-corrected chi connectivity index (χ2v) is 6.76. The Balaban J connectivity index is 1.67. The molecule has 0 bridgehead atoms. The molecule has 1 fully saturated rings. The van der Waals surface area contributed by atoms with Crippen LogP contribution in [0.15, 0.2) is 12.1 Å². The molecule has 1 aromatic heterocycles. The second kappa shape index (κ2) is 5.41. The van der Waals surface area contributed by atoms with Gasteiger partial charge in [0.15, 0.2) is 0 Å². The van der Waals surface area contributed by atoms with Gasteiger partial charge in [0, 0.05) is 36.9 Å². The van der Waals surface area contributed by atoms with E-state index in [1.807, 2.05) is 0 Å². The third kappa shape index (κ3) is 2.19. The molecule has 0 amide bonds. The van der Waals surface area contributed by atoms with E-state index in [-0.39, 0.29) is 11.7 Å². The Morgan fingerprint density at radius 3 is 2.86 bits per heavy atom. The van der Waals surface area contributed by atoms with Crippen LogP contribution in [0.4, 0.5) is 0 Å². The molecule has 4 rings (SSSR count). The number of nitrogens with zero attached hydrogens (tertiary/aromatic N) is 3. The minimum Gasteiger partial charge on any atom is -0.508 e. The van der Waals surface area contributed by atoms with Gasteiger partial charge in [-0.05, 0) is 25.1 Å². The number of aromatic hydroxyl groups is 1. The van der Waals surface area contributed by atoms with Crippen LogP contribution in [0.25, 0.3) is 0 Å². The third-order valence-corrected chi connectivity index (χ3v) is 5.45. The summed E-state index contributed by atoms with van der Waals surface area (Å²) in [6.45, 7) is 2.71. The summed E-state index contributed by atoms with van der Waals surface area (Å²) in [5.74, 6) is 2.71. The molecule has 2 aliphatic rings. The first-order valence-corrected chi connectivity index (χ1v) is 8.20. The zero-order valence-electron chi connectivity index (χ0n) is 11.9. The van der Waals surface area contributed by atoms with Gasteiger partial charge in [0.05, 0.1) is 10.0 Å². The lowest BCUT2D eigenvalue weighted by Crippen LogP contribution is -2.13. The molecule has 0 aliphatic carbocycles. The number of phenols is 1. The maximum absolute atomic E-state index is 10.2. The SMILES string of the molecule is Oc1ccc(Cl)c(Cl)c1[C@@H]1Cc2nnc([C@@H]3CCNC3)n2C1. The van der Waals surface area contributed by atoms with Crippen LogP contribution in [0.1, 0.15) is 35.5 Å². The molecule has 3 heterocycles. The molecule has 0 spiro atoms.